The first kappa shape index (κ1) is 16.7. The molecule has 5 nitrogen and oxygen atoms in total. The van der Waals surface area contributed by atoms with Gasteiger partial charge in [-0.3, -0.25) is 4.90 Å². The molecule has 2 aromatic rings. The molecule has 1 fully saturated rings. The molecule has 1 N–H and O–H groups in total. The molecule has 2 heterocycles. The van der Waals surface area contributed by atoms with Crippen molar-refractivity contribution < 1.29 is 0 Å². The summed E-state index contributed by atoms with van der Waals surface area (Å²) in [6.07, 6.45) is 3.03. The van der Waals surface area contributed by atoms with Gasteiger partial charge in [0.05, 0.1) is 0 Å². The molecule has 0 bridgehead atoms. The number of likely N-dealkylation sites (tertiary alicyclic amines) is 1. The smallest absolute Gasteiger partial charge is 0.224 e. The lowest BCUT2D eigenvalue weighted by Crippen LogP contribution is -2.50. The number of piperidine rings is 1. The van der Waals surface area contributed by atoms with Gasteiger partial charge < -0.3 is 10.2 Å². The summed E-state index contributed by atoms with van der Waals surface area (Å²) in [7, 11) is 4.00. The van der Waals surface area contributed by atoms with Crippen LogP contribution in [0.25, 0.3) is 0 Å². The fourth-order valence-electron chi connectivity index (χ4n) is 3.44. The van der Waals surface area contributed by atoms with Gasteiger partial charge in [0.25, 0.3) is 0 Å². The maximum atomic E-state index is 4.60. The van der Waals surface area contributed by atoms with E-state index in [9.17, 15) is 0 Å². The Bertz CT molecular complexity index is 645. The van der Waals surface area contributed by atoms with E-state index in [4.69, 9.17) is 0 Å². The van der Waals surface area contributed by atoms with Crippen LogP contribution in [0.15, 0.2) is 42.6 Å². The van der Waals surface area contributed by atoms with Crippen molar-refractivity contribution in [1.82, 2.24) is 14.9 Å². The average Bonchev–Trinajstić information content (AvgIpc) is 2.63. The van der Waals surface area contributed by atoms with Crippen LogP contribution in [0, 0.1) is 5.92 Å². The van der Waals surface area contributed by atoms with Gasteiger partial charge in [-0.15, -0.1) is 0 Å². The number of nitrogens with one attached hydrogen (secondary N) is 1. The van der Waals surface area contributed by atoms with E-state index in [1.165, 1.54) is 12.0 Å². The standard InChI is InChI=1S/C19H27N5/c1-15-10-12-24(13-16-7-5-4-6-8-16)14-17(15)23(3)18-9-11-21-19(20-2)22-18/h4-9,11,15,17H,10,12-14H2,1-3H3,(H,20,21,22)/t15-,17+/m1/s1. The third-order valence-corrected chi connectivity index (χ3v) is 4.98. The molecule has 0 saturated carbocycles. The van der Waals surface area contributed by atoms with Gasteiger partial charge in [-0.2, -0.15) is 4.98 Å². The molecule has 0 radical (unpaired) electrons. The molecular weight excluding hydrogens is 298 g/mol. The van der Waals surface area contributed by atoms with Crippen molar-refractivity contribution in [2.75, 3.05) is 37.4 Å². The summed E-state index contributed by atoms with van der Waals surface area (Å²) < 4.78 is 0. The van der Waals surface area contributed by atoms with Crippen LogP contribution in [-0.4, -0.2) is 48.1 Å². The first-order valence-electron chi connectivity index (χ1n) is 8.67. The molecule has 3 rings (SSSR count). The second-order valence-electron chi connectivity index (χ2n) is 6.65. The zero-order chi connectivity index (χ0) is 16.9. The highest BCUT2D eigenvalue weighted by atomic mass is 15.3. The van der Waals surface area contributed by atoms with E-state index < -0.39 is 0 Å². The lowest BCUT2D eigenvalue weighted by molar-refractivity contribution is 0.159. The quantitative estimate of drug-likeness (QED) is 0.916. The Balaban J connectivity index is 1.71. The van der Waals surface area contributed by atoms with Gasteiger partial charge in [-0.05, 0) is 30.5 Å². The number of rotatable bonds is 5. The van der Waals surface area contributed by atoms with Gasteiger partial charge in [-0.1, -0.05) is 37.3 Å². The van der Waals surface area contributed by atoms with E-state index in [1.807, 2.05) is 19.3 Å². The molecule has 0 amide bonds. The molecule has 2 atom stereocenters. The number of anilines is 2. The SMILES string of the molecule is CNc1nccc(N(C)[C@H]2CN(Cc3ccccc3)CC[C@H]2C)n1. The average molecular weight is 325 g/mol. The van der Waals surface area contributed by atoms with Crippen LogP contribution in [0.1, 0.15) is 18.9 Å². The zero-order valence-electron chi connectivity index (χ0n) is 14.8. The summed E-state index contributed by atoms with van der Waals surface area (Å²) in [5, 5.41) is 3.02. The maximum absolute atomic E-state index is 4.60. The molecule has 1 aromatic carbocycles. The predicted molar refractivity (Wildman–Crippen MR) is 99.3 cm³/mol. The van der Waals surface area contributed by atoms with Crippen molar-refractivity contribution in [3.8, 4) is 0 Å². The van der Waals surface area contributed by atoms with Crippen LogP contribution >= 0.6 is 0 Å². The lowest BCUT2D eigenvalue weighted by atomic mass is 9.92. The number of aromatic nitrogens is 2. The first-order valence-corrected chi connectivity index (χ1v) is 8.67. The van der Waals surface area contributed by atoms with E-state index >= 15 is 0 Å². The molecular formula is C19H27N5. The minimum Gasteiger partial charge on any atom is -0.357 e. The van der Waals surface area contributed by atoms with Crippen molar-refractivity contribution in [2.45, 2.75) is 25.9 Å². The highest BCUT2D eigenvalue weighted by molar-refractivity contribution is 5.43. The normalized spacial score (nSPS) is 21.5. The molecule has 1 aliphatic rings. The van der Waals surface area contributed by atoms with Crippen molar-refractivity contribution in [2.24, 2.45) is 5.92 Å². The molecule has 1 aliphatic heterocycles. The van der Waals surface area contributed by atoms with Crippen LogP contribution in [0.4, 0.5) is 11.8 Å². The van der Waals surface area contributed by atoms with Gasteiger partial charge in [0.15, 0.2) is 0 Å². The molecule has 24 heavy (non-hydrogen) atoms. The van der Waals surface area contributed by atoms with E-state index in [0.717, 1.165) is 25.5 Å². The molecule has 128 valence electrons. The van der Waals surface area contributed by atoms with Crippen LogP contribution in [0.5, 0.6) is 0 Å². The Morgan fingerprint density at radius 3 is 2.79 bits per heavy atom. The van der Waals surface area contributed by atoms with Crippen LogP contribution < -0.4 is 10.2 Å². The lowest BCUT2D eigenvalue weighted by Gasteiger charge is -2.42. The Kier molecular flexibility index (Phi) is 5.30. The van der Waals surface area contributed by atoms with Crippen LogP contribution in [0.3, 0.4) is 0 Å². The van der Waals surface area contributed by atoms with E-state index in [-0.39, 0.29) is 0 Å². The van der Waals surface area contributed by atoms with E-state index in [0.29, 0.717) is 17.9 Å². The van der Waals surface area contributed by atoms with E-state index in [2.05, 4.69) is 69.4 Å². The van der Waals surface area contributed by atoms with Gasteiger partial charge in [0, 0.05) is 39.4 Å². The van der Waals surface area contributed by atoms with Crippen molar-refractivity contribution in [3.05, 3.63) is 48.2 Å². The molecule has 1 saturated heterocycles. The number of benzene rings is 1. The number of likely N-dealkylation sites (N-methyl/N-ethyl adjacent to an activating group) is 1. The second-order valence-corrected chi connectivity index (χ2v) is 6.65. The molecule has 5 heteroatoms. The predicted octanol–water partition coefficient (Wildman–Crippen LogP) is 2.87. The van der Waals surface area contributed by atoms with Crippen LogP contribution in [0.2, 0.25) is 0 Å². The summed E-state index contributed by atoms with van der Waals surface area (Å²) in [4.78, 5) is 13.7. The highest BCUT2D eigenvalue weighted by Gasteiger charge is 2.30. The zero-order valence-corrected chi connectivity index (χ0v) is 14.8. The van der Waals surface area contributed by atoms with Gasteiger partial charge in [0.1, 0.15) is 5.82 Å². The summed E-state index contributed by atoms with van der Waals surface area (Å²) in [5.41, 5.74) is 1.38. The largest absolute Gasteiger partial charge is 0.357 e. The van der Waals surface area contributed by atoms with E-state index in [1.54, 1.807) is 0 Å². The van der Waals surface area contributed by atoms with Gasteiger partial charge in [-0.25, -0.2) is 4.98 Å². The topological polar surface area (TPSA) is 44.3 Å². The van der Waals surface area contributed by atoms with Crippen molar-refractivity contribution in [1.29, 1.82) is 0 Å². The molecule has 0 unspecified atom stereocenters. The molecule has 0 spiro atoms. The summed E-state index contributed by atoms with van der Waals surface area (Å²) in [5.74, 6) is 2.30. The summed E-state index contributed by atoms with van der Waals surface area (Å²) in [6.45, 7) is 5.59. The third kappa shape index (κ3) is 3.85. The minimum atomic E-state index is 0.460. The number of hydrogen-bond donors (Lipinski definition) is 1. The van der Waals surface area contributed by atoms with Crippen molar-refractivity contribution >= 4 is 11.8 Å². The Morgan fingerprint density at radius 1 is 1.25 bits per heavy atom. The minimum absolute atomic E-state index is 0.460. The fourth-order valence-corrected chi connectivity index (χ4v) is 3.44. The Morgan fingerprint density at radius 2 is 2.04 bits per heavy atom. The van der Waals surface area contributed by atoms with Crippen molar-refractivity contribution in [3.63, 3.8) is 0 Å². The Hall–Kier alpha value is -2.14. The number of hydrogen-bond acceptors (Lipinski definition) is 5. The summed E-state index contributed by atoms with van der Waals surface area (Å²) in [6, 6.07) is 13.2. The molecule has 0 aliphatic carbocycles. The van der Waals surface area contributed by atoms with Crippen LogP contribution in [-0.2, 0) is 6.54 Å². The monoisotopic (exact) mass is 325 g/mol. The maximum Gasteiger partial charge on any atom is 0.224 e. The molecule has 1 aromatic heterocycles. The second kappa shape index (κ2) is 7.62. The first-order chi connectivity index (χ1) is 11.7. The van der Waals surface area contributed by atoms with Gasteiger partial charge in [0.2, 0.25) is 5.95 Å². The summed E-state index contributed by atoms with van der Waals surface area (Å²) >= 11 is 0. The highest BCUT2D eigenvalue weighted by Crippen LogP contribution is 2.25. The number of nitrogens with zero attached hydrogens (tertiary/aromatic N) is 4. The van der Waals surface area contributed by atoms with Gasteiger partial charge >= 0.3 is 0 Å². The third-order valence-electron chi connectivity index (χ3n) is 4.98. The Labute approximate surface area is 144 Å². The fraction of sp³-hybridized carbons (Fsp3) is 0.474.